The molecule has 4 N–H and O–H groups in total. The molecule has 1 aromatic carbocycles. The first-order valence-electron chi connectivity index (χ1n) is 13.3. The molecular formula is C27H30Cl2FN5O3. The maximum atomic E-state index is 15.8. The molecule has 11 heteroatoms. The summed E-state index contributed by atoms with van der Waals surface area (Å²) in [6.07, 6.45) is 7.66. The van der Waals surface area contributed by atoms with Crippen LogP contribution < -0.4 is 16.0 Å². The van der Waals surface area contributed by atoms with Gasteiger partial charge >= 0.3 is 0 Å². The second-order valence-electron chi connectivity index (χ2n) is 11.1. The summed E-state index contributed by atoms with van der Waals surface area (Å²) < 4.78 is 15.8. The first kappa shape index (κ1) is 25.9. The van der Waals surface area contributed by atoms with Gasteiger partial charge in [-0.3, -0.25) is 14.9 Å². The van der Waals surface area contributed by atoms with Gasteiger partial charge in [-0.15, -0.1) is 0 Å². The van der Waals surface area contributed by atoms with Crippen LogP contribution in [0.1, 0.15) is 74.8 Å². The SMILES string of the molecule is O=C(NC1CCC(O)CC1)[C@@H]1NC2(CCCCC2)[C@@]2(C(=O)Nc3nc(Cl)ncc32)[C@H]1c1cccc(Cl)c1F. The molecule has 2 amide bonds. The lowest BCUT2D eigenvalue weighted by Gasteiger charge is -2.46. The van der Waals surface area contributed by atoms with Crippen molar-refractivity contribution >= 4 is 40.8 Å². The van der Waals surface area contributed by atoms with Crippen molar-refractivity contribution in [2.24, 2.45) is 0 Å². The van der Waals surface area contributed by atoms with E-state index in [9.17, 15) is 14.7 Å². The van der Waals surface area contributed by atoms with Gasteiger partial charge < -0.3 is 15.7 Å². The summed E-state index contributed by atoms with van der Waals surface area (Å²) in [6, 6.07) is 3.68. The highest BCUT2D eigenvalue weighted by Gasteiger charge is 2.73. The Morgan fingerprint density at radius 3 is 2.61 bits per heavy atom. The molecule has 1 aromatic heterocycles. The first-order valence-corrected chi connectivity index (χ1v) is 14.1. The number of fused-ring (bicyclic) bond motifs is 3. The van der Waals surface area contributed by atoms with Crippen molar-refractivity contribution in [2.45, 2.75) is 92.8 Å². The van der Waals surface area contributed by atoms with Gasteiger partial charge in [-0.25, -0.2) is 14.4 Å². The zero-order valence-corrected chi connectivity index (χ0v) is 22.3. The third kappa shape index (κ3) is 3.85. The largest absolute Gasteiger partial charge is 0.393 e. The summed E-state index contributed by atoms with van der Waals surface area (Å²) in [4.78, 5) is 36.8. The van der Waals surface area contributed by atoms with E-state index >= 15 is 4.39 Å². The van der Waals surface area contributed by atoms with Crippen molar-refractivity contribution in [1.82, 2.24) is 20.6 Å². The molecule has 0 bridgehead atoms. The van der Waals surface area contributed by atoms with Gasteiger partial charge in [-0.2, -0.15) is 0 Å². The monoisotopic (exact) mass is 561 g/mol. The first-order chi connectivity index (χ1) is 18.3. The fourth-order valence-electron chi connectivity index (χ4n) is 7.49. The predicted molar refractivity (Wildman–Crippen MR) is 141 cm³/mol. The Hall–Kier alpha value is -2.33. The molecular weight excluding hydrogens is 532 g/mol. The average Bonchev–Trinajstić information content (AvgIpc) is 3.35. The van der Waals surface area contributed by atoms with Gasteiger partial charge in [-0.1, -0.05) is 43.0 Å². The number of aliphatic hydroxyl groups excluding tert-OH is 1. The van der Waals surface area contributed by atoms with E-state index < -0.39 is 28.7 Å². The molecule has 4 aliphatic rings. The molecule has 3 heterocycles. The Labute approximate surface area is 230 Å². The zero-order valence-electron chi connectivity index (χ0n) is 20.8. The Bertz CT molecular complexity index is 1280. The van der Waals surface area contributed by atoms with Crippen molar-refractivity contribution < 1.29 is 19.1 Å². The fraction of sp³-hybridized carbons (Fsp3) is 0.556. The van der Waals surface area contributed by atoms with Crippen molar-refractivity contribution in [1.29, 1.82) is 0 Å². The van der Waals surface area contributed by atoms with Crippen LogP contribution in [-0.4, -0.2) is 50.6 Å². The number of anilines is 1. The van der Waals surface area contributed by atoms with E-state index in [1.54, 1.807) is 18.3 Å². The molecule has 2 aliphatic carbocycles. The minimum absolute atomic E-state index is 0.0102. The van der Waals surface area contributed by atoms with Crippen LogP contribution in [-0.2, 0) is 15.0 Å². The molecule has 0 unspecified atom stereocenters. The smallest absolute Gasteiger partial charge is 0.238 e. The molecule has 3 atom stereocenters. The third-order valence-corrected chi connectivity index (χ3v) is 9.58. The molecule has 3 fully saturated rings. The van der Waals surface area contributed by atoms with Crippen LogP contribution in [0.25, 0.3) is 0 Å². The van der Waals surface area contributed by atoms with Gasteiger partial charge in [0.2, 0.25) is 17.1 Å². The lowest BCUT2D eigenvalue weighted by Crippen LogP contribution is -2.60. The molecule has 2 spiro atoms. The highest BCUT2D eigenvalue weighted by molar-refractivity contribution is 6.30. The average molecular weight is 562 g/mol. The minimum Gasteiger partial charge on any atom is -0.393 e. The third-order valence-electron chi connectivity index (χ3n) is 9.11. The van der Waals surface area contributed by atoms with E-state index in [1.165, 1.54) is 6.07 Å². The highest BCUT2D eigenvalue weighted by Crippen LogP contribution is 2.62. The molecule has 8 nitrogen and oxygen atoms in total. The van der Waals surface area contributed by atoms with Gasteiger partial charge in [0.05, 0.1) is 17.2 Å². The predicted octanol–water partition coefficient (Wildman–Crippen LogP) is 3.99. The second kappa shape index (κ2) is 9.70. The topological polar surface area (TPSA) is 116 Å². The van der Waals surface area contributed by atoms with E-state index in [0.717, 1.165) is 19.3 Å². The van der Waals surface area contributed by atoms with Gasteiger partial charge in [0.1, 0.15) is 17.1 Å². The van der Waals surface area contributed by atoms with Crippen LogP contribution in [0.5, 0.6) is 0 Å². The fourth-order valence-corrected chi connectivity index (χ4v) is 7.81. The number of aromatic nitrogens is 2. The maximum Gasteiger partial charge on any atom is 0.238 e. The van der Waals surface area contributed by atoms with Crippen molar-refractivity contribution in [2.75, 3.05) is 5.32 Å². The molecule has 2 aliphatic heterocycles. The van der Waals surface area contributed by atoms with E-state index in [1.807, 2.05) is 0 Å². The van der Waals surface area contributed by atoms with E-state index in [4.69, 9.17) is 23.2 Å². The second-order valence-corrected chi connectivity index (χ2v) is 11.8. The molecule has 1 saturated heterocycles. The Morgan fingerprint density at radius 1 is 1.13 bits per heavy atom. The van der Waals surface area contributed by atoms with Crippen LogP contribution in [0.15, 0.2) is 24.4 Å². The van der Waals surface area contributed by atoms with Crippen molar-refractivity contribution in [3.05, 3.63) is 51.6 Å². The highest BCUT2D eigenvalue weighted by atomic mass is 35.5. The van der Waals surface area contributed by atoms with Crippen molar-refractivity contribution in [3.8, 4) is 0 Å². The molecule has 2 aromatic rings. The molecule has 202 valence electrons. The van der Waals surface area contributed by atoms with E-state index in [2.05, 4.69) is 25.9 Å². The molecule has 0 radical (unpaired) electrons. The summed E-state index contributed by atoms with van der Waals surface area (Å²) in [5, 5.41) is 19.5. The number of nitrogens with zero attached hydrogens (tertiary/aromatic N) is 2. The standard InChI is InChI=1S/C27H30Cl2FN5O3/c28-18-6-4-5-16(20(18)30)19-21(23(37)32-14-7-9-15(36)10-8-14)35-26(11-2-1-3-12-26)27(19)17-13-31-25(29)34-22(17)33-24(27)38/h4-6,13-15,19,21,35-36H,1-3,7-12H2,(H,32,37)(H,31,33,34,38)/t14?,15?,19-,21+,27+/m0/s1. The van der Waals surface area contributed by atoms with Gasteiger partial charge in [0, 0.05) is 29.3 Å². The van der Waals surface area contributed by atoms with Crippen LogP contribution in [0, 0.1) is 5.82 Å². The number of amides is 2. The quantitative estimate of drug-likeness (QED) is 0.421. The van der Waals surface area contributed by atoms with Gasteiger partial charge in [0.15, 0.2) is 0 Å². The van der Waals surface area contributed by atoms with Crippen molar-refractivity contribution in [3.63, 3.8) is 0 Å². The zero-order chi connectivity index (χ0) is 26.7. The van der Waals surface area contributed by atoms with Crippen LogP contribution >= 0.6 is 23.2 Å². The number of aliphatic hydroxyl groups is 1. The van der Waals surface area contributed by atoms with Crippen LogP contribution in [0.2, 0.25) is 10.3 Å². The number of carbonyl (C=O) groups excluding carboxylic acids is 2. The summed E-state index contributed by atoms with van der Waals surface area (Å²) in [5.74, 6) is -1.92. The lowest BCUT2D eigenvalue weighted by atomic mass is 9.56. The number of benzene rings is 1. The molecule has 2 saturated carbocycles. The lowest BCUT2D eigenvalue weighted by molar-refractivity contribution is -0.125. The molecule has 38 heavy (non-hydrogen) atoms. The number of carbonyl (C=O) groups is 2. The van der Waals surface area contributed by atoms with Gasteiger partial charge in [-0.05, 0) is 61.8 Å². The number of hydrogen-bond donors (Lipinski definition) is 4. The van der Waals surface area contributed by atoms with Crippen LogP contribution in [0.3, 0.4) is 0 Å². The van der Waals surface area contributed by atoms with E-state index in [-0.39, 0.29) is 45.6 Å². The number of halogens is 3. The maximum absolute atomic E-state index is 15.8. The van der Waals surface area contributed by atoms with Gasteiger partial charge in [0.25, 0.3) is 0 Å². The normalized spacial score (nSPS) is 31.8. The number of rotatable bonds is 3. The van der Waals surface area contributed by atoms with Crippen LogP contribution in [0.4, 0.5) is 10.2 Å². The number of hydrogen-bond acceptors (Lipinski definition) is 6. The summed E-state index contributed by atoms with van der Waals surface area (Å²) in [7, 11) is 0. The number of nitrogens with one attached hydrogen (secondary N) is 3. The van der Waals surface area contributed by atoms with E-state index in [0.29, 0.717) is 44.1 Å². The summed E-state index contributed by atoms with van der Waals surface area (Å²) >= 11 is 12.3. The summed E-state index contributed by atoms with van der Waals surface area (Å²) in [6.45, 7) is 0. The minimum atomic E-state index is -1.36. The molecule has 6 rings (SSSR count). The Kier molecular flexibility index (Phi) is 6.61. The Balaban J connectivity index is 1.53. The Morgan fingerprint density at radius 2 is 1.87 bits per heavy atom. The summed E-state index contributed by atoms with van der Waals surface area (Å²) in [5.41, 5.74) is -1.47.